The van der Waals surface area contributed by atoms with E-state index in [0.29, 0.717) is 13.2 Å². The van der Waals surface area contributed by atoms with Crippen molar-refractivity contribution in [2.24, 2.45) is 0 Å². The average molecular weight is 227 g/mol. The number of carbonyl (C=O) groups excluding carboxylic acids is 1. The van der Waals surface area contributed by atoms with Gasteiger partial charge in [0.1, 0.15) is 0 Å². The fourth-order valence-corrected chi connectivity index (χ4v) is 1.72. The minimum atomic E-state index is -0.817. The summed E-state index contributed by atoms with van der Waals surface area (Å²) >= 11 is 0. The van der Waals surface area contributed by atoms with E-state index in [1.54, 1.807) is 6.92 Å². The first-order chi connectivity index (χ1) is 7.63. The molecule has 0 bridgehead atoms. The number of aliphatic carboxylic acids is 1. The van der Waals surface area contributed by atoms with Gasteiger partial charge in [0.2, 0.25) is 0 Å². The Balaban J connectivity index is 2.51. The predicted molar refractivity (Wildman–Crippen MR) is 57.8 cm³/mol. The first kappa shape index (κ1) is 12.5. The molecule has 1 fully saturated rings. The van der Waals surface area contributed by atoms with Crippen LogP contribution in [0.2, 0.25) is 0 Å². The molecule has 0 saturated carbocycles. The molecule has 0 amide bonds. The van der Waals surface area contributed by atoms with E-state index in [0.717, 1.165) is 25.1 Å². The number of allylic oxidation sites excluding steroid dienone is 1. The molecule has 16 heavy (non-hydrogen) atoms. The van der Waals surface area contributed by atoms with Gasteiger partial charge in [-0.3, -0.25) is 4.79 Å². The highest BCUT2D eigenvalue weighted by atomic mass is 16.5. The molecular weight excluding hydrogens is 210 g/mol. The van der Waals surface area contributed by atoms with Gasteiger partial charge in [-0.05, 0) is 19.8 Å². The first-order valence-electron chi connectivity index (χ1n) is 5.47. The summed E-state index contributed by atoms with van der Waals surface area (Å²) < 4.78 is 4.82. The molecule has 0 aromatic carbocycles. The molecule has 1 rings (SSSR count). The van der Waals surface area contributed by atoms with Crippen molar-refractivity contribution >= 4 is 11.9 Å². The number of nitrogens with zero attached hydrogens (tertiary/aromatic N) is 1. The molecule has 1 heterocycles. The van der Waals surface area contributed by atoms with Gasteiger partial charge in [0.25, 0.3) is 0 Å². The summed E-state index contributed by atoms with van der Waals surface area (Å²) in [5.74, 6) is -1.16. The second-order valence-corrected chi connectivity index (χ2v) is 3.62. The molecule has 0 spiro atoms. The van der Waals surface area contributed by atoms with Crippen LogP contribution in [0.5, 0.6) is 0 Å². The number of hydrogen-bond acceptors (Lipinski definition) is 4. The lowest BCUT2D eigenvalue weighted by Crippen LogP contribution is -2.22. The highest BCUT2D eigenvalue weighted by Crippen LogP contribution is 2.20. The van der Waals surface area contributed by atoms with Crippen molar-refractivity contribution in [2.45, 2.75) is 26.2 Å². The van der Waals surface area contributed by atoms with Crippen molar-refractivity contribution < 1.29 is 19.4 Å². The van der Waals surface area contributed by atoms with Crippen LogP contribution in [-0.4, -0.2) is 41.6 Å². The third-order valence-corrected chi connectivity index (χ3v) is 2.43. The minimum Gasteiger partial charge on any atom is -0.481 e. The van der Waals surface area contributed by atoms with Crippen LogP contribution in [0.3, 0.4) is 0 Å². The normalized spacial score (nSPS) is 17.8. The molecule has 90 valence electrons. The largest absolute Gasteiger partial charge is 0.481 e. The van der Waals surface area contributed by atoms with E-state index in [2.05, 4.69) is 0 Å². The van der Waals surface area contributed by atoms with Gasteiger partial charge in [0.05, 0.1) is 13.0 Å². The molecule has 0 radical (unpaired) electrons. The lowest BCUT2D eigenvalue weighted by atomic mass is 10.3. The summed E-state index contributed by atoms with van der Waals surface area (Å²) in [6.07, 6.45) is 3.35. The highest BCUT2D eigenvalue weighted by Gasteiger charge is 2.18. The standard InChI is InChI=1S/C11H17NO4/c1-2-16-11(15)8-9-4-3-6-12(9)7-5-10(13)14/h8H,2-7H2,1H3,(H,13,14). The number of carbonyl (C=O) groups is 2. The van der Waals surface area contributed by atoms with Crippen LogP contribution < -0.4 is 0 Å². The fraction of sp³-hybridized carbons (Fsp3) is 0.636. The van der Waals surface area contributed by atoms with E-state index in [-0.39, 0.29) is 12.4 Å². The number of carboxylic acids is 1. The summed E-state index contributed by atoms with van der Waals surface area (Å²) in [7, 11) is 0. The van der Waals surface area contributed by atoms with Gasteiger partial charge in [0, 0.05) is 24.9 Å². The van der Waals surface area contributed by atoms with Crippen LogP contribution in [0.15, 0.2) is 11.8 Å². The van der Waals surface area contributed by atoms with E-state index in [1.807, 2.05) is 4.90 Å². The maximum atomic E-state index is 11.2. The van der Waals surface area contributed by atoms with Crippen LogP contribution in [0, 0.1) is 0 Å². The molecule has 5 nitrogen and oxygen atoms in total. The topological polar surface area (TPSA) is 66.8 Å². The van der Waals surface area contributed by atoms with Crippen molar-refractivity contribution in [3.05, 3.63) is 11.8 Å². The van der Waals surface area contributed by atoms with Crippen LogP contribution >= 0.6 is 0 Å². The Morgan fingerprint density at radius 2 is 2.31 bits per heavy atom. The molecule has 0 aliphatic carbocycles. The van der Waals surface area contributed by atoms with Crippen molar-refractivity contribution in [2.75, 3.05) is 19.7 Å². The summed E-state index contributed by atoms with van der Waals surface area (Å²) in [4.78, 5) is 23.6. The van der Waals surface area contributed by atoms with Crippen molar-refractivity contribution in [3.8, 4) is 0 Å². The Labute approximate surface area is 94.7 Å². The first-order valence-corrected chi connectivity index (χ1v) is 5.47. The molecule has 5 heteroatoms. The molecule has 1 saturated heterocycles. The number of esters is 1. The number of ether oxygens (including phenoxy) is 1. The molecular formula is C11H17NO4. The third-order valence-electron chi connectivity index (χ3n) is 2.43. The number of hydrogen-bond donors (Lipinski definition) is 1. The maximum absolute atomic E-state index is 11.2. The summed E-state index contributed by atoms with van der Waals surface area (Å²) in [5, 5.41) is 8.59. The Hall–Kier alpha value is -1.52. The molecule has 0 atom stereocenters. The molecule has 0 unspecified atom stereocenters. The second-order valence-electron chi connectivity index (χ2n) is 3.62. The van der Waals surface area contributed by atoms with Gasteiger partial charge in [-0.1, -0.05) is 0 Å². The Morgan fingerprint density at radius 1 is 1.56 bits per heavy atom. The van der Waals surface area contributed by atoms with Gasteiger partial charge in [-0.15, -0.1) is 0 Å². The van der Waals surface area contributed by atoms with Crippen LogP contribution in [0.25, 0.3) is 0 Å². The quantitative estimate of drug-likeness (QED) is 0.560. The lowest BCUT2D eigenvalue weighted by Gasteiger charge is -2.18. The summed E-state index contributed by atoms with van der Waals surface area (Å²) in [5.41, 5.74) is 0.889. The van der Waals surface area contributed by atoms with E-state index < -0.39 is 5.97 Å². The van der Waals surface area contributed by atoms with E-state index in [9.17, 15) is 9.59 Å². The van der Waals surface area contributed by atoms with Gasteiger partial charge in [0.15, 0.2) is 0 Å². The van der Waals surface area contributed by atoms with Gasteiger partial charge < -0.3 is 14.7 Å². The SMILES string of the molecule is CCOC(=O)C=C1CCCN1CCC(=O)O. The summed E-state index contributed by atoms with van der Waals surface area (Å²) in [6.45, 7) is 3.39. The van der Waals surface area contributed by atoms with E-state index >= 15 is 0 Å². The van der Waals surface area contributed by atoms with Crippen molar-refractivity contribution in [1.82, 2.24) is 4.90 Å². The second kappa shape index (κ2) is 6.15. The Kier molecular flexibility index (Phi) is 4.82. The molecule has 1 aliphatic heterocycles. The van der Waals surface area contributed by atoms with Gasteiger partial charge in [-0.25, -0.2) is 4.79 Å². The summed E-state index contributed by atoms with van der Waals surface area (Å²) in [6, 6.07) is 0. The van der Waals surface area contributed by atoms with Crippen LogP contribution in [0.4, 0.5) is 0 Å². The van der Waals surface area contributed by atoms with E-state index in [1.165, 1.54) is 6.08 Å². The maximum Gasteiger partial charge on any atom is 0.332 e. The number of likely N-dealkylation sites (tertiary alicyclic amines) is 1. The minimum absolute atomic E-state index is 0.0974. The zero-order valence-electron chi connectivity index (χ0n) is 9.44. The number of carboxylic acid groups (broad SMARTS) is 1. The van der Waals surface area contributed by atoms with Crippen LogP contribution in [-0.2, 0) is 14.3 Å². The lowest BCUT2D eigenvalue weighted by molar-refractivity contribution is -0.137. The third kappa shape index (κ3) is 3.92. The number of rotatable bonds is 5. The monoisotopic (exact) mass is 227 g/mol. The zero-order chi connectivity index (χ0) is 12.0. The van der Waals surface area contributed by atoms with Crippen molar-refractivity contribution in [3.63, 3.8) is 0 Å². The fourth-order valence-electron chi connectivity index (χ4n) is 1.72. The Morgan fingerprint density at radius 3 is 2.94 bits per heavy atom. The molecule has 0 aromatic heterocycles. The van der Waals surface area contributed by atoms with Crippen LogP contribution in [0.1, 0.15) is 26.2 Å². The van der Waals surface area contributed by atoms with Gasteiger partial charge >= 0.3 is 11.9 Å². The molecule has 0 aromatic rings. The molecule has 1 aliphatic rings. The van der Waals surface area contributed by atoms with E-state index in [4.69, 9.17) is 9.84 Å². The predicted octanol–water partition coefficient (Wildman–Crippen LogP) is 1.00. The molecule has 1 N–H and O–H groups in total. The zero-order valence-corrected chi connectivity index (χ0v) is 9.44. The average Bonchev–Trinajstić information content (AvgIpc) is 2.62. The van der Waals surface area contributed by atoms with Crippen molar-refractivity contribution in [1.29, 1.82) is 0 Å². The van der Waals surface area contributed by atoms with Gasteiger partial charge in [-0.2, -0.15) is 0 Å². The highest BCUT2D eigenvalue weighted by molar-refractivity contribution is 5.82. The Bertz CT molecular complexity index is 298. The smallest absolute Gasteiger partial charge is 0.332 e.